The van der Waals surface area contributed by atoms with Gasteiger partial charge in [0.05, 0.1) is 12.7 Å². The molecule has 44 heavy (non-hydrogen) atoms. The van der Waals surface area contributed by atoms with Crippen LogP contribution in [0.5, 0.6) is 0 Å². The Morgan fingerprint density at radius 3 is 1.52 bits per heavy atom. The summed E-state index contributed by atoms with van der Waals surface area (Å²) in [5, 5.41) is 22.0. The first-order chi connectivity index (χ1) is 20.9. The summed E-state index contributed by atoms with van der Waals surface area (Å²) in [4.78, 5) is 45.6. The fourth-order valence-corrected chi connectivity index (χ4v) is 7.09. The number of hydrogen-bond donors (Lipinski definition) is 6. The van der Waals surface area contributed by atoms with Gasteiger partial charge in [-0.25, -0.2) is 29.9 Å². The molecule has 7 heterocycles. The van der Waals surface area contributed by atoms with E-state index in [1.54, 1.807) is 0 Å². The van der Waals surface area contributed by atoms with Crippen molar-refractivity contribution in [2.45, 2.75) is 49.5 Å². The Morgan fingerprint density at radius 1 is 0.705 bits per heavy atom. The molecule has 3 aliphatic heterocycles. The quantitative estimate of drug-likeness (QED) is 0.132. The predicted octanol–water partition coefficient (Wildman–Crippen LogP) is -1.63. The highest BCUT2D eigenvalue weighted by atomic mass is 31.2. The molecule has 0 saturated carbocycles. The lowest BCUT2D eigenvalue weighted by atomic mass is 10.2. The zero-order valence-electron chi connectivity index (χ0n) is 22.0. The van der Waals surface area contributed by atoms with Gasteiger partial charge in [0.25, 0.3) is 0 Å². The summed E-state index contributed by atoms with van der Waals surface area (Å²) in [7, 11) is -9.53. The van der Waals surface area contributed by atoms with Crippen LogP contribution in [0, 0.1) is 0 Å². The number of rotatable bonds is 2. The minimum atomic E-state index is -4.77. The fourth-order valence-electron chi connectivity index (χ4n) is 5.08. The fraction of sp³-hybridized carbons (Fsp3) is 0.500. The van der Waals surface area contributed by atoms with E-state index in [1.807, 2.05) is 0 Å². The molecule has 0 amide bonds. The van der Waals surface area contributed by atoms with Crippen LogP contribution in [0.2, 0.25) is 0 Å². The van der Waals surface area contributed by atoms with Gasteiger partial charge in [0.15, 0.2) is 60.7 Å². The molecule has 4 aromatic heterocycles. The number of fused-ring (bicyclic) bond motifs is 6. The van der Waals surface area contributed by atoms with E-state index in [0.717, 1.165) is 12.7 Å². The van der Waals surface area contributed by atoms with Gasteiger partial charge in [-0.05, 0) is 0 Å². The lowest BCUT2D eigenvalue weighted by Crippen LogP contribution is -2.37. The van der Waals surface area contributed by atoms with E-state index in [-0.39, 0.29) is 34.0 Å². The van der Waals surface area contributed by atoms with Gasteiger partial charge >= 0.3 is 15.2 Å². The topological polar surface area (TPSA) is 310 Å². The van der Waals surface area contributed by atoms with Crippen LogP contribution in [-0.2, 0) is 37.1 Å². The van der Waals surface area contributed by atoms with Crippen molar-refractivity contribution in [3.63, 3.8) is 0 Å². The van der Waals surface area contributed by atoms with Gasteiger partial charge < -0.3 is 50.4 Å². The van der Waals surface area contributed by atoms with Crippen molar-refractivity contribution in [2.75, 3.05) is 24.2 Å². The SMILES string of the molecule is Nc1ncnc2c1ncn2[C@@H]1O[C@@H]2OCP(=O)(O)O[C@H]3C(O)[C@@H](OCP(=O)(O)O[C@H]1C2O)O[C@H]3n1cnc2c(N)ncnc21. The molecule has 0 aliphatic carbocycles. The lowest BCUT2D eigenvalue weighted by Gasteiger charge is -2.26. The van der Waals surface area contributed by atoms with Crippen LogP contribution in [-0.4, -0.2) is 109 Å². The Hall–Kier alpha value is -3.24. The smallest absolute Gasteiger partial charge is 0.354 e. The third kappa shape index (κ3) is 5.04. The summed E-state index contributed by atoms with van der Waals surface area (Å²) >= 11 is 0. The van der Waals surface area contributed by atoms with Gasteiger partial charge in [0.1, 0.15) is 48.1 Å². The van der Waals surface area contributed by atoms with Crippen LogP contribution in [0.3, 0.4) is 0 Å². The molecule has 0 radical (unpaired) electrons. The van der Waals surface area contributed by atoms with Crippen molar-refractivity contribution in [3.8, 4) is 0 Å². The molecule has 3 fully saturated rings. The van der Waals surface area contributed by atoms with Crippen molar-refractivity contribution >= 4 is 49.2 Å². The number of nitrogen functional groups attached to an aromatic ring is 2. The molecule has 10 atom stereocenters. The van der Waals surface area contributed by atoms with Crippen LogP contribution in [0.15, 0.2) is 25.3 Å². The average Bonchev–Trinajstić information content (AvgIpc) is 3.73. The summed E-state index contributed by atoms with van der Waals surface area (Å²) in [6.45, 7) is 0. The number of imidazole rings is 2. The lowest BCUT2D eigenvalue weighted by molar-refractivity contribution is -0.169. The Bertz CT molecular complexity index is 1690. The van der Waals surface area contributed by atoms with Crippen LogP contribution in [0.4, 0.5) is 11.6 Å². The van der Waals surface area contributed by atoms with Gasteiger partial charge in [-0.2, -0.15) is 0 Å². The summed E-state index contributed by atoms with van der Waals surface area (Å²) < 4.78 is 62.2. The molecule has 22 nitrogen and oxygen atoms in total. The molecule has 236 valence electrons. The summed E-state index contributed by atoms with van der Waals surface area (Å²) in [6, 6.07) is 0. The molecule has 8 N–H and O–H groups in total. The monoisotopic (exact) mass is 658 g/mol. The molecular weight excluding hydrogens is 634 g/mol. The maximum atomic E-state index is 13.2. The highest BCUT2D eigenvalue weighted by molar-refractivity contribution is 7.52. The van der Waals surface area contributed by atoms with E-state index < -0.39 is 77.3 Å². The Labute approximate surface area is 244 Å². The largest absolute Gasteiger partial charge is 0.385 e. The molecule has 4 unspecified atom stereocenters. The third-order valence-electron chi connectivity index (χ3n) is 7.04. The highest BCUT2D eigenvalue weighted by Crippen LogP contribution is 2.53. The predicted molar refractivity (Wildman–Crippen MR) is 141 cm³/mol. The number of ether oxygens (including phenoxy) is 4. The first-order valence-corrected chi connectivity index (χ1v) is 16.2. The third-order valence-corrected chi connectivity index (χ3v) is 9.14. The minimum absolute atomic E-state index is 0.0297. The minimum Gasteiger partial charge on any atom is -0.385 e. The average molecular weight is 658 g/mol. The zero-order chi connectivity index (χ0) is 31.0. The van der Waals surface area contributed by atoms with E-state index in [1.165, 1.54) is 21.8 Å². The molecule has 4 bridgehead atoms. The standard InChI is InChI=1S/C20H24N10O12P2/c21-13-7-15(25-1-23-13)29(3-27-7)17-11-9(31)19(39-17)37-5-44(35,36)42-12-10(32)20(38-6-43(33,34)41-11)40-18(12)30-4-28-8-14(22)24-2-26-16(8)30/h1-4,9-12,17-20,31-32H,5-6H2,(H,33,34)(H,35,36)(H2,21,23,25)(H2,22,24,26)/t9?,10?,11-,12-,17+,18+,19-,20-/m0/s1. The van der Waals surface area contributed by atoms with E-state index in [4.69, 9.17) is 39.5 Å². The van der Waals surface area contributed by atoms with Gasteiger partial charge in [0, 0.05) is 0 Å². The molecule has 4 aromatic rings. The molecule has 0 aromatic carbocycles. The van der Waals surface area contributed by atoms with Gasteiger partial charge in [-0.15, -0.1) is 0 Å². The molecule has 24 heteroatoms. The highest BCUT2D eigenvalue weighted by Gasteiger charge is 2.54. The van der Waals surface area contributed by atoms with Gasteiger partial charge in [0.2, 0.25) is 0 Å². The second-order valence-corrected chi connectivity index (χ2v) is 13.4. The summed E-state index contributed by atoms with van der Waals surface area (Å²) in [5.74, 6) is 0.0594. The summed E-state index contributed by atoms with van der Waals surface area (Å²) in [5.41, 5.74) is 12.3. The van der Waals surface area contributed by atoms with Crippen molar-refractivity contribution in [2.24, 2.45) is 0 Å². The van der Waals surface area contributed by atoms with E-state index in [0.29, 0.717) is 0 Å². The molecule has 7 rings (SSSR count). The maximum absolute atomic E-state index is 13.2. The van der Waals surface area contributed by atoms with Crippen molar-refractivity contribution in [1.29, 1.82) is 0 Å². The number of aliphatic hydroxyl groups excluding tert-OH is 2. The van der Waals surface area contributed by atoms with Crippen LogP contribution < -0.4 is 11.5 Å². The second kappa shape index (κ2) is 10.7. The van der Waals surface area contributed by atoms with Crippen molar-refractivity contribution in [3.05, 3.63) is 25.3 Å². The number of nitrogens with zero attached hydrogens (tertiary/aromatic N) is 8. The first-order valence-electron chi connectivity index (χ1n) is 12.7. The summed E-state index contributed by atoms with van der Waals surface area (Å²) in [6.07, 6.45) is -10.4. The van der Waals surface area contributed by atoms with Crippen LogP contribution in [0.1, 0.15) is 12.5 Å². The molecular formula is C20H24N10O12P2. The van der Waals surface area contributed by atoms with Gasteiger partial charge in [-0.1, -0.05) is 0 Å². The molecule has 0 spiro atoms. The second-order valence-electron chi connectivity index (χ2n) is 9.94. The van der Waals surface area contributed by atoms with Crippen LogP contribution >= 0.6 is 15.2 Å². The van der Waals surface area contributed by atoms with Crippen LogP contribution in [0.25, 0.3) is 22.3 Å². The van der Waals surface area contributed by atoms with E-state index >= 15 is 0 Å². The number of aliphatic hydroxyl groups is 2. The Morgan fingerprint density at radius 2 is 1.11 bits per heavy atom. The zero-order valence-corrected chi connectivity index (χ0v) is 23.8. The Balaban J connectivity index is 1.22. The number of hydrogen-bond acceptors (Lipinski definition) is 18. The Kier molecular flexibility index (Phi) is 7.16. The van der Waals surface area contributed by atoms with Gasteiger partial charge in [-0.3, -0.25) is 27.3 Å². The molecule has 3 saturated heterocycles. The number of anilines is 2. The van der Waals surface area contributed by atoms with E-state index in [2.05, 4.69) is 29.9 Å². The van der Waals surface area contributed by atoms with Crippen molar-refractivity contribution in [1.82, 2.24) is 39.0 Å². The van der Waals surface area contributed by atoms with E-state index in [9.17, 15) is 29.1 Å². The number of aromatic nitrogens is 8. The normalized spacial score (nSPS) is 38.3. The first kappa shape index (κ1) is 29.5. The van der Waals surface area contributed by atoms with Crippen molar-refractivity contribution < 1.29 is 57.1 Å². The molecule has 3 aliphatic rings. The maximum Gasteiger partial charge on any atom is 0.354 e. The number of nitrogens with two attached hydrogens (primary N) is 2.